The lowest BCUT2D eigenvalue weighted by atomic mass is 10.0. The minimum Gasteiger partial charge on any atom is -0.326 e. The zero-order valence-electron chi connectivity index (χ0n) is 24.7. The zero-order chi connectivity index (χ0) is 31.5. The topological polar surface area (TPSA) is 116 Å². The molecule has 224 valence electrons. The maximum atomic E-state index is 13.4. The molecule has 0 heterocycles. The Morgan fingerprint density at radius 2 is 1.39 bits per heavy atom. The fourth-order valence-corrected chi connectivity index (χ4v) is 4.89. The van der Waals surface area contributed by atoms with Crippen LogP contribution in [0.25, 0.3) is 6.08 Å². The average molecular weight is 607 g/mol. The summed E-state index contributed by atoms with van der Waals surface area (Å²) in [6.45, 7) is 5.65. The molecule has 4 amide bonds. The number of carbonyl (C=O) groups is 4. The van der Waals surface area contributed by atoms with Crippen LogP contribution in [0.15, 0.2) is 114 Å². The molecule has 0 unspecified atom stereocenters. The predicted molar refractivity (Wildman–Crippen MR) is 178 cm³/mol. The van der Waals surface area contributed by atoms with Crippen molar-refractivity contribution in [3.05, 3.63) is 126 Å². The first-order valence-corrected chi connectivity index (χ1v) is 15.0. The van der Waals surface area contributed by atoms with E-state index in [-0.39, 0.29) is 23.3 Å². The molecule has 0 spiro atoms. The van der Waals surface area contributed by atoms with E-state index >= 15 is 0 Å². The third-order valence-electron chi connectivity index (χ3n) is 6.39. The minimum absolute atomic E-state index is 0.0955. The molecule has 0 aliphatic rings. The maximum absolute atomic E-state index is 13.4. The summed E-state index contributed by atoms with van der Waals surface area (Å²) in [6, 6.07) is 30.5. The lowest BCUT2D eigenvalue weighted by Gasteiger charge is -2.13. The molecule has 4 rings (SSSR count). The second-order valence-corrected chi connectivity index (χ2v) is 11.3. The van der Waals surface area contributed by atoms with Crippen molar-refractivity contribution in [2.24, 2.45) is 0 Å². The summed E-state index contributed by atoms with van der Waals surface area (Å²) < 4.78 is 0. The third kappa shape index (κ3) is 9.71. The van der Waals surface area contributed by atoms with Gasteiger partial charge in [0.05, 0.1) is 5.75 Å². The van der Waals surface area contributed by atoms with E-state index in [4.69, 9.17) is 0 Å². The Balaban J connectivity index is 1.42. The molecule has 0 aromatic heterocycles. The molecule has 4 N–H and O–H groups in total. The molecule has 0 atom stereocenters. The van der Waals surface area contributed by atoms with Crippen molar-refractivity contribution in [3.8, 4) is 0 Å². The minimum atomic E-state index is -0.482. The van der Waals surface area contributed by atoms with E-state index in [2.05, 4.69) is 35.1 Å². The van der Waals surface area contributed by atoms with Crippen molar-refractivity contribution in [1.82, 2.24) is 5.32 Å². The molecule has 0 radical (unpaired) electrons. The SMILES string of the molecule is CC(=O)Nc1ccc(NC(=O)CSc2cccc(NC(=O)/C(=C\c3ccc(C(C)C)cc3)NC(=O)c3ccccc3)c2)cc1. The van der Waals surface area contributed by atoms with Crippen LogP contribution in [0.3, 0.4) is 0 Å². The second-order valence-electron chi connectivity index (χ2n) is 10.3. The summed E-state index contributed by atoms with van der Waals surface area (Å²) >= 11 is 1.32. The molecule has 4 aromatic rings. The maximum Gasteiger partial charge on any atom is 0.272 e. The van der Waals surface area contributed by atoms with Gasteiger partial charge in [0, 0.05) is 34.4 Å². The monoisotopic (exact) mass is 606 g/mol. The fourth-order valence-electron chi connectivity index (χ4n) is 4.13. The molecule has 0 fully saturated rings. The van der Waals surface area contributed by atoms with Crippen LogP contribution in [-0.4, -0.2) is 29.4 Å². The Labute approximate surface area is 261 Å². The molecular weight excluding hydrogens is 572 g/mol. The van der Waals surface area contributed by atoms with E-state index in [9.17, 15) is 19.2 Å². The number of thioether (sulfide) groups is 1. The van der Waals surface area contributed by atoms with Crippen LogP contribution in [0, 0.1) is 0 Å². The van der Waals surface area contributed by atoms with E-state index in [1.807, 2.05) is 36.4 Å². The smallest absolute Gasteiger partial charge is 0.272 e. The van der Waals surface area contributed by atoms with Gasteiger partial charge in [-0.15, -0.1) is 11.8 Å². The highest BCUT2D eigenvalue weighted by Gasteiger charge is 2.16. The Morgan fingerprint density at radius 3 is 2.02 bits per heavy atom. The number of rotatable bonds is 11. The molecule has 0 aliphatic heterocycles. The highest BCUT2D eigenvalue weighted by atomic mass is 32.2. The van der Waals surface area contributed by atoms with Gasteiger partial charge in [0.15, 0.2) is 0 Å². The lowest BCUT2D eigenvalue weighted by Crippen LogP contribution is -2.30. The quantitative estimate of drug-likeness (QED) is 0.109. The van der Waals surface area contributed by atoms with Gasteiger partial charge in [0.25, 0.3) is 11.8 Å². The summed E-state index contributed by atoms with van der Waals surface area (Å²) in [6.07, 6.45) is 1.64. The van der Waals surface area contributed by atoms with Crippen molar-refractivity contribution < 1.29 is 19.2 Å². The molecule has 8 nitrogen and oxygen atoms in total. The Kier molecular flexibility index (Phi) is 11.1. The van der Waals surface area contributed by atoms with Gasteiger partial charge in [-0.3, -0.25) is 19.2 Å². The Bertz CT molecular complexity index is 1650. The van der Waals surface area contributed by atoms with Crippen LogP contribution in [0.2, 0.25) is 0 Å². The first kappa shape index (κ1) is 31.8. The average Bonchev–Trinajstić information content (AvgIpc) is 3.01. The van der Waals surface area contributed by atoms with Crippen molar-refractivity contribution in [2.75, 3.05) is 21.7 Å². The van der Waals surface area contributed by atoms with E-state index < -0.39 is 11.8 Å². The van der Waals surface area contributed by atoms with E-state index in [1.54, 1.807) is 72.8 Å². The van der Waals surface area contributed by atoms with Crippen LogP contribution >= 0.6 is 11.8 Å². The van der Waals surface area contributed by atoms with Crippen molar-refractivity contribution in [2.45, 2.75) is 31.6 Å². The molecule has 4 aromatic carbocycles. The summed E-state index contributed by atoms with van der Waals surface area (Å²) in [4.78, 5) is 50.9. The fraction of sp³-hybridized carbons (Fsp3) is 0.143. The van der Waals surface area contributed by atoms with Gasteiger partial charge in [-0.2, -0.15) is 0 Å². The Morgan fingerprint density at radius 1 is 0.727 bits per heavy atom. The van der Waals surface area contributed by atoms with E-state index in [0.717, 1.165) is 10.5 Å². The standard InChI is InChI=1S/C35H34N4O4S/c1-23(2)26-14-12-25(13-15-26)20-32(39-34(42)27-8-5-4-6-9-27)35(43)38-30-10-7-11-31(21-30)44-22-33(41)37-29-18-16-28(17-19-29)36-24(3)40/h4-21,23H,22H2,1-3H3,(H,36,40)(H,37,41)(H,38,43)(H,39,42)/b32-20+. The molecule has 44 heavy (non-hydrogen) atoms. The largest absolute Gasteiger partial charge is 0.326 e. The van der Waals surface area contributed by atoms with Crippen molar-refractivity contribution >= 4 is 58.5 Å². The van der Waals surface area contributed by atoms with Crippen molar-refractivity contribution in [3.63, 3.8) is 0 Å². The predicted octanol–water partition coefficient (Wildman–Crippen LogP) is 6.91. The van der Waals surface area contributed by atoms with Crippen LogP contribution in [-0.2, 0) is 14.4 Å². The van der Waals surface area contributed by atoms with Crippen LogP contribution in [0.4, 0.5) is 17.1 Å². The number of amides is 4. The summed E-state index contributed by atoms with van der Waals surface area (Å²) in [5, 5.41) is 11.1. The molecule has 0 saturated heterocycles. The van der Waals surface area contributed by atoms with Gasteiger partial charge < -0.3 is 21.3 Å². The first-order chi connectivity index (χ1) is 21.2. The molecular formula is C35H34N4O4S. The van der Waals surface area contributed by atoms with E-state index in [0.29, 0.717) is 28.5 Å². The van der Waals surface area contributed by atoms with E-state index in [1.165, 1.54) is 24.2 Å². The van der Waals surface area contributed by atoms with Gasteiger partial charge in [-0.05, 0) is 77.7 Å². The number of hydrogen-bond donors (Lipinski definition) is 4. The van der Waals surface area contributed by atoms with Crippen LogP contribution < -0.4 is 21.3 Å². The van der Waals surface area contributed by atoms with Crippen LogP contribution in [0.1, 0.15) is 48.2 Å². The van der Waals surface area contributed by atoms with Gasteiger partial charge in [-0.25, -0.2) is 0 Å². The number of anilines is 3. The van der Waals surface area contributed by atoms with Crippen LogP contribution in [0.5, 0.6) is 0 Å². The summed E-state index contributed by atoms with van der Waals surface area (Å²) in [5.74, 6) is -0.732. The van der Waals surface area contributed by atoms with Gasteiger partial charge in [0.1, 0.15) is 5.70 Å². The van der Waals surface area contributed by atoms with Gasteiger partial charge >= 0.3 is 0 Å². The summed E-state index contributed by atoms with van der Waals surface area (Å²) in [7, 11) is 0. The number of nitrogens with one attached hydrogen (secondary N) is 4. The number of benzene rings is 4. The van der Waals surface area contributed by atoms with Gasteiger partial charge in [0.2, 0.25) is 11.8 Å². The number of hydrogen-bond acceptors (Lipinski definition) is 5. The zero-order valence-corrected chi connectivity index (χ0v) is 25.5. The second kappa shape index (κ2) is 15.4. The van der Waals surface area contributed by atoms with Crippen molar-refractivity contribution in [1.29, 1.82) is 0 Å². The molecule has 0 aliphatic carbocycles. The van der Waals surface area contributed by atoms with Gasteiger partial charge in [-0.1, -0.05) is 62.4 Å². The molecule has 9 heteroatoms. The first-order valence-electron chi connectivity index (χ1n) is 14.1. The summed E-state index contributed by atoms with van der Waals surface area (Å²) in [5.41, 5.74) is 4.24. The Hall–Kier alpha value is -5.15. The highest BCUT2D eigenvalue weighted by Crippen LogP contribution is 2.23. The third-order valence-corrected chi connectivity index (χ3v) is 7.39. The normalized spacial score (nSPS) is 11.0. The molecule has 0 saturated carbocycles. The number of carbonyl (C=O) groups excluding carboxylic acids is 4. The lowest BCUT2D eigenvalue weighted by molar-refractivity contribution is -0.114. The molecule has 0 bridgehead atoms. The highest BCUT2D eigenvalue weighted by molar-refractivity contribution is 8.00.